The normalized spacial score (nSPS) is 10.8. The molecular formula is C24H21F2N5O2. The second-order valence-corrected chi connectivity index (χ2v) is 7.48. The Hall–Kier alpha value is -4.14. The third-order valence-corrected chi connectivity index (χ3v) is 5.05. The van der Waals surface area contributed by atoms with Gasteiger partial charge in [0.05, 0.1) is 13.7 Å². The smallest absolute Gasteiger partial charge is 0.241 e. The third kappa shape index (κ3) is 4.57. The molecule has 1 amide bonds. The minimum absolute atomic E-state index is 0.0214. The van der Waals surface area contributed by atoms with Gasteiger partial charge in [0.15, 0.2) is 5.82 Å². The number of nitrogens with one attached hydrogen (secondary N) is 1. The lowest BCUT2D eigenvalue weighted by Gasteiger charge is -2.16. The van der Waals surface area contributed by atoms with Crippen LogP contribution in [-0.4, -0.2) is 53.5 Å². The lowest BCUT2D eigenvalue weighted by atomic mass is 10.0. The van der Waals surface area contributed by atoms with Crippen LogP contribution >= 0.6 is 0 Å². The highest BCUT2D eigenvalue weighted by Gasteiger charge is 2.18. The van der Waals surface area contributed by atoms with Gasteiger partial charge in [0.1, 0.15) is 28.7 Å². The molecule has 168 valence electrons. The summed E-state index contributed by atoms with van der Waals surface area (Å²) in [4.78, 5) is 27.0. The summed E-state index contributed by atoms with van der Waals surface area (Å²) >= 11 is 0. The van der Waals surface area contributed by atoms with Crippen LogP contribution in [0.25, 0.3) is 33.4 Å². The van der Waals surface area contributed by atoms with Crippen LogP contribution in [0.15, 0.2) is 54.9 Å². The summed E-state index contributed by atoms with van der Waals surface area (Å²) in [7, 11) is 4.77. The number of nitrogens with zero attached hydrogens (tertiary/aromatic N) is 4. The van der Waals surface area contributed by atoms with Crippen LogP contribution in [-0.2, 0) is 4.79 Å². The number of methoxy groups -OCH3 is 1. The van der Waals surface area contributed by atoms with E-state index >= 15 is 0 Å². The molecule has 0 bridgehead atoms. The summed E-state index contributed by atoms with van der Waals surface area (Å²) in [6.45, 7) is -0.0214. The van der Waals surface area contributed by atoms with E-state index in [9.17, 15) is 13.6 Å². The van der Waals surface area contributed by atoms with E-state index in [1.165, 1.54) is 12.0 Å². The highest BCUT2D eigenvalue weighted by molar-refractivity contribution is 5.98. The van der Waals surface area contributed by atoms with Crippen LogP contribution in [0.3, 0.4) is 0 Å². The number of anilines is 1. The molecule has 4 aromatic rings. The Morgan fingerprint density at radius 3 is 2.61 bits per heavy atom. The third-order valence-electron chi connectivity index (χ3n) is 5.05. The minimum Gasteiger partial charge on any atom is -0.494 e. The first-order valence-corrected chi connectivity index (χ1v) is 10.1. The van der Waals surface area contributed by atoms with Gasteiger partial charge in [-0.3, -0.25) is 9.78 Å². The molecular weight excluding hydrogens is 428 g/mol. The molecule has 0 radical (unpaired) electrons. The summed E-state index contributed by atoms with van der Waals surface area (Å²) in [6.07, 6.45) is 3.26. The Kier molecular flexibility index (Phi) is 6.12. The summed E-state index contributed by atoms with van der Waals surface area (Å²) in [5.41, 5.74) is 1.58. The predicted molar refractivity (Wildman–Crippen MR) is 122 cm³/mol. The molecule has 4 rings (SSSR count). The van der Waals surface area contributed by atoms with E-state index in [-0.39, 0.29) is 18.0 Å². The van der Waals surface area contributed by atoms with Crippen LogP contribution in [0.5, 0.6) is 5.75 Å². The van der Waals surface area contributed by atoms with Crippen molar-refractivity contribution in [1.82, 2.24) is 19.9 Å². The molecule has 33 heavy (non-hydrogen) atoms. The number of carbonyl (C=O) groups is 1. The Bertz CT molecular complexity index is 1330. The van der Waals surface area contributed by atoms with Gasteiger partial charge in [-0.25, -0.2) is 18.7 Å². The van der Waals surface area contributed by atoms with Crippen molar-refractivity contribution in [1.29, 1.82) is 0 Å². The lowest BCUT2D eigenvalue weighted by molar-refractivity contribution is -0.126. The average Bonchev–Trinajstić information content (AvgIpc) is 2.83. The van der Waals surface area contributed by atoms with Crippen molar-refractivity contribution in [3.05, 3.63) is 66.5 Å². The molecule has 0 unspecified atom stereocenters. The zero-order valence-electron chi connectivity index (χ0n) is 18.3. The molecule has 0 fully saturated rings. The van der Waals surface area contributed by atoms with Gasteiger partial charge in [0, 0.05) is 43.0 Å². The van der Waals surface area contributed by atoms with Gasteiger partial charge in [-0.15, -0.1) is 0 Å². The Morgan fingerprint density at radius 2 is 1.91 bits per heavy atom. The number of halogens is 2. The lowest BCUT2D eigenvalue weighted by Crippen LogP contribution is -2.29. The Morgan fingerprint density at radius 1 is 1.09 bits per heavy atom. The fraction of sp³-hybridized carbons (Fsp3) is 0.167. The fourth-order valence-corrected chi connectivity index (χ4v) is 3.31. The molecule has 0 saturated carbocycles. The van der Waals surface area contributed by atoms with E-state index in [1.807, 2.05) is 6.07 Å². The second kappa shape index (κ2) is 9.15. The number of carbonyl (C=O) groups excluding carboxylic acids is 1. The number of ether oxygens (including phenoxy) is 1. The van der Waals surface area contributed by atoms with E-state index in [0.717, 1.165) is 18.2 Å². The van der Waals surface area contributed by atoms with Crippen LogP contribution in [0.2, 0.25) is 0 Å². The molecule has 0 aliphatic carbocycles. The number of hydrogen-bond acceptors (Lipinski definition) is 6. The molecule has 2 aromatic carbocycles. The number of amides is 1. The maximum Gasteiger partial charge on any atom is 0.241 e. The van der Waals surface area contributed by atoms with Gasteiger partial charge in [-0.1, -0.05) is 0 Å². The summed E-state index contributed by atoms with van der Waals surface area (Å²) in [6, 6.07) is 10.0. The number of aromatic nitrogens is 3. The maximum absolute atomic E-state index is 14.5. The first kappa shape index (κ1) is 22.1. The predicted octanol–water partition coefficient (Wildman–Crippen LogP) is 4.15. The summed E-state index contributed by atoms with van der Waals surface area (Å²) in [5.74, 6) is -0.236. The molecule has 1 N–H and O–H groups in total. The van der Waals surface area contributed by atoms with E-state index in [2.05, 4.69) is 20.3 Å². The minimum atomic E-state index is -0.581. The highest BCUT2D eigenvalue weighted by atomic mass is 19.1. The Balaban J connectivity index is 1.94. The van der Waals surface area contributed by atoms with Crippen molar-refractivity contribution in [2.75, 3.05) is 33.1 Å². The number of hydrogen-bond donors (Lipinski definition) is 1. The van der Waals surface area contributed by atoms with Crippen LogP contribution in [0, 0.1) is 11.6 Å². The number of likely N-dealkylation sites (N-methyl/N-ethyl adjacent to an activating group) is 1. The average molecular weight is 449 g/mol. The number of benzene rings is 2. The zero-order chi connectivity index (χ0) is 23.5. The van der Waals surface area contributed by atoms with Crippen molar-refractivity contribution in [2.24, 2.45) is 0 Å². The summed E-state index contributed by atoms with van der Waals surface area (Å²) in [5, 5.41) is 3.54. The van der Waals surface area contributed by atoms with Crippen molar-refractivity contribution in [3.8, 4) is 28.3 Å². The molecule has 0 saturated heterocycles. The first-order valence-electron chi connectivity index (χ1n) is 10.1. The van der Waals surface area contributed by atoms with Gasteiger partial charge >= 0.3 is 0 Å². The first-order chi connectivity index (χ1) is 15.9. The van der Waals surface area contributed by atoms with E-state index in [4.69, 9.17) is 4.74 Å². The zero-order valence-corrected chi connectivity index (χ0v) is 18.3. The molecule has 9 heteroatoms. The van der Waals surface area contributed by atoms with Gasteiger partial charge in [-0.2, -0.15) is 0 Å². The standard InChI is InChI=1S/C24H21F2N5O2/c1-31(2)21(32)13-28-24-18-9-15(17-11-16(25)6-7-19(17)26)10-20(33-3)22(18)29-23(30-24)14-5-4-8-27-12-14/h4-12H,13H2,1-3H3,(H,28,29,30). The van der Waals surface area contributed by atoms with Crippen LogP contribution < -0.4 is 10.1 Å². The van der Waals surface area contributed by atoms with Crippen molar-refractivity contribution >= 4 is 22.6 Å². The molecule has 0 aliphatic heterocycles. The van der Waals surface area contributed by atoms with Gasteiger partial charge in [-0.05, 0) is 48.0 Å². The van der Waals surface area contributed by atoms with E-state index in [0.29, 0.717) is 39.4 Å². The Labute approximate surface area is 189 Å². The monoisotopic (exact) mass is 449 g/mol. The number of pyridine rings is 1. The SMILES string of the molecule is COc1cc(-c2cc(F)ccc2F)cc2c(NCC(=O)N(C)C)nc(-c3cccnc3)nc12. The number of rotatable bonds is 6. The van der Waals surface area contributed by atoms with Crippen LogP contribution in [0.4, 0.5) is 14.6 Å². The molecule has 2 aromatic heterocycles. The van der Waals surface area contributed by atoms with Gasteiger partial charge in [0.2, 0.25) is 5.91 Å². The van der Waals surface area contributed by atoms with Gasteiger partial charge in [0.25, 0.3) is 0 Å². The quantitative estimate of drug-likeness (QED) is 0.477. The van der Waals surface area contributed by atoms with Crippen molar-refractivity contribution < 1.29 is 18.3 Å². The number of fused-ring (bicyclic) bond motifs is 1. The molecule has 0 aliphatic rings. The van der Waals surface area contributed by atoms with Crippen molar-refractivity contribution in [2.45, 2.75) is 0 Å². The van der Waals surface area contributed by atoms with E-state index < -0.39 is 11.6 Å². The summed E-state index contributed by atoms with van der Waals surface area (Å²) < 4.78 is 33.9. The fourth-order valence-electron chi connectivity index (χ4n) is 3.31. The second-order valence-electron chi connectivity index (χ2n) is 7.48. The van der Waals surface area contributed by atoms with E-state index in [1.54, 1.807) is 44.7 Å². The van der Waals surface area contributed by atoms with Gasteiger partial charge < -0.3 is 15.0 Å². The van der Waals surface area contributed by atoms with Crippen molar-refractivity contribution in [3.63, 3.8) is 0 Å². The van der Waals surface area contributed by atoms with Crippen LogP contribution in [0.1, 0.15) is 0 Å². The maximum atomic E-state index is 14.5. The molecule has 2 heterocycles. The molecule has 7 nitrogen and oxygen atoms in total. The molecule has 0 spiro atoms. The topological polar surface area (TPSA) is 80.2 Å². The molecule has 0 atom stereocenters. The highest BCUT2D eigenvalue weighted by Crippen LogP contribution is 2.36. The largest absolute Gasteiger partial charge is 0.494 e.